The van der Waals surface area contributed by atoms with Crippen LogP contribution in [-0.4, -0.2) is 39.9 Å². The molecule has 1 aliphatic carbocycles. The molecular weight excluding hydrogens is 493 g/mol. The Morgan fingerprint density at radius 2 is 2.00 bits per heavy atom. The molecule has 2 amide bonds. The van der Waals surface area contributed by atoms with Gasteiger partial charge in [0, 0.05) is 18.8 Å². The third kappa shape index (κ3) is 4.97. The second-order valence-electron chi connectivity index (χ2n) is 7.63. The third-order valence-electron chi connectivity index (χ3n) is 4.99. The lowest BCUT2D eigenvalue weighted by Gasteiger charge is -2.32. The van der Waals surface area contributed by atoms with Crippen molar-refractivity contribution in [2.45, 2.75) is 54.5 Å². The Morgan fingerprint density at radius 1 is 1.33 bits per heavy atom. The number of thiazole rings is 1. The molecule has 30 heavy (non-hydrogen) atoms. The highest BCUT2D eigenvalue weighted by atomic mass is 79.9. The van der Waals surface area contributed by atoms with Crippen molar-refractivity contribution in [3.8, 4) is 0 Å². The highest BCUT2D eigenvalue weighted by molar-refractivity contribution is 9.10. The zero-order valence-electron chi connectivity index (χ0n) is 16.9. The van der Waals surface area contributed by atoms with E-state index in [0.717, 1.165) is 25.7 Å². The Bertz CT molecular complexity index is 947. The largest absolute Gasteiger partial charge is 0.480 e. The van der Waals surface area contributed by atoms with Crippen LogP contribution in [0.15, 0.2) is 33.1 Å². The molecule has 162 valence electrons. The summed E-state index contributed by atoms with van der Waals surface area (Å²) in [5, 5.41) is 9.79. The molecule has 0 atom stereocenters. The summed E-state index contributed by atoms with van der Waals surface area (Å²) >= 11 is 5.61. The lowest BCUT2D eigenvalue weighted by Crippen LogP contribution is -2.46. The van der Waals surface area contributed by atoms with Crippen molar-refractivity contribution in [3.63, 3.8) is 0 Å². The first-order valence-corrected chi connectivity index (χ1v) is 11.9. The van der Waals surface area contributed by atoms with Gasteiger partial charge in [-0.15, -0.1) is 0 Å². The van der Waals surface area contributed by atoms with Gasteiger partial charge in [-0.05, 0) is 60.8 Å². The summed E-state index contributed by atoms with van der Waals surface area (Å²) in [7, 11) is 1.63. The number of carboxylic acids is 1. The number of aliphatic carboxylic acids is 1. The number of nitrogens with zero attached hydrogens (tertiary/aromatic N) is 3. The highest BCUT2D eigenvalue weighted by Gasteiger charge is 2.33. The number of hydrogen-bond donors (Lipinski definition) is 1. The summed E-state index contributed by atoms with van der Waals surface area (Å²) in [5.41, 5.74) is 0.512. The molecule has 6 nitrogen and oxygen atoms in total. The fraction of sp³-hybridized carbons (Fsp3) is 0.450. The van der Waals surface area contributed by atoms with Crippen LogP contribution in [0.1, 0.15) is 39.5 Å². The van der Waals surface area contributed by atoms with Gasteiger partial charge in [-0.1, -0.05) is 35.9 Å². The minimum Gasteiger partial charge on any atom is -0.480 e. The summed E-state index contributed by atoms with van der Waals surface area (Å²) < 4.78 is 14.2. The number of carboxylic acid groups (broad SMARTS) is 1. The predicted molar refractivity (Wildman–Crippen MR) is 122 cm³/mol. The molecule has 1 saturated carbocycles. The number of carbonyl (C=O) groups is 2. The molecule has 0 radical (unpaired) electrons. The van der Waals surface area contributed by atoms with Crippen LogP contribution < -0.4 is 9.80 Å². The SMILES string of the molecule is CN(C(=O)N(c1ccc(Br)c(F)c1)C1CCCC1)c1ncc(SC(C)(C)C(=O)O)s1. The van der Waals surface area contributed by atoms with Crippen molar-refractivity contribution >= 4 is 61.8 Å². The van der Waals surface area contributed by atoms with Gasteiger partial charge >= 0.3 is 12.0 Å². The average Bonchev–Trinajstić information content (AvgIpc) is 3.36. The van der Waals surface area contributed by atoms with Crippen molar-refractivity contribution in [2.75, 3.05) is 16.8 Å². The molecule has 0 aliphatic heterocycles. The topological polar surface area (TPSA) is 73.7 Å². The maximum absolute atomic E-state index is 14.2. The van der Waals surface area contributed by atoms with E-state index in [1.54, 1.807) is 44.1 Å². The first-order valence-electron chi connectivity index (χ1n) is 9.50. The normalized spacial score (nSPS) is 14.7. The van der Waals surface area contributed by atoms with Gasteiger partial charge in [0.15, 0.2) is 5.13 Å². The summed E-state index contributed by atoms with van der Waals surface area (Å²) in [5.74, 6) is -1.34. The van der Waals surface area contributed by atoms with Gasteiger partial charge in [-0.25, -0.2) is 14.2 Å². The quantitative estimate of drug-likeness (QED) is 0.477. The Balaban J connectivity index is 1.85. The Kier molecular flexibility index (Phi) is 7.09. The summed E-state index contributed by atoms with van der Waals surface area (Å²) in [6, 6.07) is 4.42. The van der Waals surface area contributed by atoms with Gasteiger partial charge in [-0.2, -0.15) is 0 Å². The van der Waals surface area contributed by atoms with Gasteiger partial charge in [-0.3, -0.25) is 14.6 Å². The number of benzene rings is 1. The van der Waals surface area contributed by atoms with Crippen LogP contribution in [0.4, 0.5) is 20.0 Å². The smallest absolute Gasteiger partial charge is 0.330 e. The first-order chi connectivity index (χ1) is 14.1. The number of halogens is 2. The van der Waals surface area contributed by atoms with Gasteiger partial charge in [0.05, 0.1) is 14.9 Å². The predicted octanol–water partition coefficient (Wildman–Crippen LogP) is 6.01. The molecule has 1 aromatic carbocycles. The minimum absolute atomic E-state index is 0.000256. The van der Waals surface area contributed by atoms with E-state index in [1.807, 2.05) is 0 Å². The number of aromatic nitrogens is 1. The van der Waals surface area contributed by atoms with E-state index < -0.39 is 16.5 Å². The highest BCUT2D eigenvalue weighted by Crippen LogP contribution is 2.39. The maximum Gasteiger partial charge on any atom is 0.330 e. The van der Waals surface area contributed by atoms with Gasteiger partial charge < -0.3 is 5.11 Å². The van der Waals surface area contributed by atoms with Crippen molar-refractivity contribution in [1.82, 2.24) is 4.98 Å². The molecule has 1 heterocycles. The monoisotopic (exact) mass is 515 g/mol. The maximum atomic E-state index is 14.2. The molecule has 10 heteroatoms. The number of thioether (sulfide) groups is 1. The number of carbonyl (C=O) groups excluding carboxylic acids is 1. The standard InChI is InChI=1S/C20H23BrFN3O3S2/c1-20(2,17(26)27)30-16-11-23-18(29-16)24(3)19(28)25(12-6-4-5-7-12)13-8-9-14(21)15(22)10-13/h8-12H,4-7H2,1-3H3,(H,26,27). The summed E-state index contributed by atoms with van der Waals surface area (Å²) in [4.78, 5) is 32.2. The second-order valence-corrected chi connectivity index (χ2v) is 11.4. The zero-order chi connectivity index (χ0) is 22.1. The Labute approximate surface area is 191 Å². The lowest BCUT2D eigenvalue weighted by molar-refractivity contribution is -0.138. The molecular formula is C20H23BrFN3O3S2. The molecule has 1 N–H and O–H groups in total. The molecule has 0 spiro atoms. The van der Waals surface area contributed by atoms with Crippen molar-refractivity contribution < 1.29 is 19.1 Å². The molecule has 2 aromatic rings. The van der Waals surface area contributed by atoms with Gasteiger partial charge in [0.2, 0.25) is 0 Å². The van der Waals surface area contributed by atoms with Crippen LogP contribution in [0.2, 0.25) is 0 Å². The van der Waals surface area contributed by atoms with E-state index >= 15 is 0 Å². The van der Waals surface area contributed by atoms with E-state index in [2.05, 4.69) is 20.9 Å². The fourth-order valence-electron chi connectivity index (χ4n) is 3.27. The first kappa shape index (κ1) is 23.0. The van der Waals surface area contributed by atoms with E-state index in [9.17, 15) is 19.1 Å². The Hall–Kier alpha value is -1.65. The van der Waals surface area contributed by atoms with E-state index in [1.165, 1.54) is 34.1 Å². The van der Waals surface area contributed by atoms with Crippen LogP contribution in [0.25, 0.3) is 0 Å². The molecule has 3 rings (SSSR count). The van der Waals surface area contributed by atoms with Crippen LogP contribution >= 0.6 is 39.0 Å². The summed E-state index contributed by atoms with van der Waals surface area (Å²) in [6.07, 6.45) is 5.36. The van der Waals surface area contributed by atoms with Crippen LogP contribution in [-0.2, 0) is 4.79 Å². The van der Waals surface area contributed by atoms with Crippen LogP contribution in [0, 0.1) is 5.82 Å². The Morgan fingerprint density at radius 3 is 2.60 bits per heavy atom. The summed E-state index contributed by atoms with van der Waals surface area (Å²) in [6.45, 7) is 3.25. The average molecular weight is 516 g/mol. The molecule has 1 aliphatic rings. The number of urea groups is 1. The zero-order valence-corrected chi connectivity index (χ0v) is 20.1. The van der Waals surface area contributed by atoms with Crippen molar-refractivity contribution in [2.24, 2.45) is 0 Å². The number of rotatable bonds is 6. The molecule has 1 fully saturated rings. The molecule has 0 unspecified atom stereocenters. The van der Waals surface area contributed by atoms with Crippen LogP contribution in [0.3, 0.4) is 0 Å². The van der Waals surface area contributed by atoms with Crippen LogP contribution in [0.5, 0.6) is 0 Å². The third-order valence-corrected chi connectivity index (χ3v) is 8.00. The number of hydrogen-bond acceptors (Lipinski definition) is 5. The number of amides is 2. The van der Waals surface area contributed by atoms with E-state index in [4.69, 9.17) is 0 Å². The van der Waals surface area contributed by atoms with Crippen molar-refractivity contribution in [1.29, 1.82) is 0 Å². The second kappa shape index (κ2) is 9.23. The number of anilines is 2. The van der Waals surface area contributed by atoms with Gasteiger partial charge in [0.1, 0.15) is 10.6 Å². The molecule has 1 aromatic heterocycles. The van der Waals surface area contributed by atoms with Crippen molar-refractivity contribution in [3.05, 3.63) is 34.7 Å². The molecule has 0 bridgehead atoms. The fourth-order valence-corrected chi connectivity index (χ4v) is 5.83. The minimum atomic E-state index is -1.00. The van der Waals surface area contributed by atoms with E-state index in [0.29, 0.717) is 19.5 Å². The van der Waals surface area contributed by atoms with E-state index in [-0.39, 0.29) is 12.1 Å². The molecule has 0 saturated heterocycles. The lowest BCUT2D eigenvalue weighted by atomic mass is 10.2. The van der Waals surface area contributed by atoms with Gasteiger partial charge in [0.25, 0.3) is 0 Å².